The topological polar surface area (TPSA) is 81.7 Å². The van der Waals surface area contributed by atoms with Gasteiger partial charge in [0.2, 0.25) is 0 Å². The van der Waals surface area contributed by atoms with Gasteiger partial charge in [-0.3, -0.25) is 9.69 Å². The molecule has 3 rings (SSSR count). The Morgan fingerprint density at radius 2 is 1.96 bits per heavy atom. The quantitative estimate of drug-likeness (QED) is 0.717. The van der Waals surface area contributed by atoms with E-state index in [9.17, 15) is 9.59 Å². The molecule has 6 nitrogen and oxygen atoms in total. The van der Waals surface area contributed by atoms with Crippen molar-refractivity contribution in [2.75, 3.05) is 18.4 Å². The first kappa shape index (κ1) is 16.8. The van der Waals surface area contributed by atoms with Crippen LogP contribution in [0.4, 0.5) is 10.5 Å². The lowest BCUT2D eigenvalue weighted by atomic mass is 9.85. The van der Waals surface area contributed by atoms with Crippen molar-refractivity contribution in [1.82, 2.24) is 10.2 Å². The molecule has 0 spiro atoms. The van der Waals surface area contributed by atoms with Gasteiger partial charge in [-0.1, -0.05) is 18.2 Å². The number of hydrogen-bond donors (Lipinski definition) is 3. The third-order valence-corrected chi connectivity index (χ3v) is 4.89. The molecule has 0 heterocycles. The van der Waals surface area contributed by atoms with Gasteiger partial charge < -0.3 is 15.7 Å². The lowest BCUT2D eigenvalue weighted by Crippen LogP contribution is -2.55. The van der Waals surface area contributed by atoms with E-state index in [1.54, 1.807) is 0 Å². The van der Waals surface area contributed by atoms with Crippen LogP contribution >= 0.6 is 0 Å². The highest BCUT2D eigenvalue weighted by atomic mass is 16.4. The van der Waals surface area contributed by atoms with Crippen LogP contribution in [0.1, 0.15) is 31.2 Å². The minimum Gasteiger partial charge on any atom is -0.480 e. The number of benzene rings is 1. The lowest BCUT2D eigenvalue weighted by Gasteiger charge is -2.42. The van der Waals surface area contributed by atoms with Gasteiger partial charge >= 0.3 is 12.0 Å². The summed E-state index contributed by atoms with van der Waals surface area (Å²) in [5, 5.41) is 14.9. The molecule has 0 saturated heterocycles. The fourth-order valence-corrected chi connectivity index (χ4v) is 3.21. The number of nitrogens with zero attached hydrogens (tertiary/aromatic N) is 1. The van der Waals surface area contributed by atoms with E-state index in [1.807, 2.05) is 31.2 Å². The number of carboxylic acids is 1. The Kier molecular flexibility index (Phi) is 5.04. The van der Waals surface area contributed by atoms with Crippen molar-refractivity contribution in [3.63, 3.8) is 0 Å². The summed E-state index contributed by atoms with van der Waals surface area (Å²) in [4.78, 5) is 25.2. The number of rotatable bonds is 7. The Labute approximate surface area is 142 Å². The first-order chi connectivity index (χ1) is 11.5. The maximum atomic E-state index is 12.1. The zero-order valence-corrected chi connectivity index (χ0v) is 14.0. The summed E-state index contributed by atoms with van der Waals surface area (Å²) < 4.78 is 0. The van der Waals surface area contributed by atoms with Gasteiger partial charge in [0.25, 0.3) is 0 Å². The molecule has 3 N–H and O–H groups in total. The number of nitrogens with one attached hydrogen (secondary N) is 2. The van der Waals surface area contributed by atoms with Crippen molar-refractivity contribution in [3.8, 4) is 0 Å². The van der Waals surface area contributed by atoms with E-state index in [2.05, 4.69) is 15.5 Å². The molecule has 0 radical (unpaired) electrons. The summed E-state index contributed by atoms with van der Waals surface area (Å²) in [6.45, 7) is 2.93. The minimum absolute atomic E-state index is 0.100. The fourth-order valence-electron chi connectivity index (χ4n) is 3.21. The Bertz CT molecular complexity index is 609. The number of amides is 2. The van der Waals surface area contributed by atoms with Crippen LogP contribution in [0.2, 0.25) is 0 Å². The highest BCUT2D eigenvalue weighted by Crippen LogP contribution is 2.33. The monoisotopic (exact) mass is 331 g/mol. The lowest BCUT2D eigenvalue weighted by molar-refractivity contribution is -0.139. The maximum absolute atomic E-state index is 12.1. The molecule has 2 saturated carbocycles. The number of para-hydroxylation sites is 1. The molecule has 0 unspecified atom stereocenters. The molecular weight excluding hydrogens is 306 g/mol. The van der Waals surface area contributed by atoms with Gasteiger partial charge in [0.1, 0.15) is 0 Å². The minimum atomic E-state index is -0.774. The van der Waals surface area contributed by atoms with Crippen molar-refractivity contribution in [2.24, 2.45) is 5.92 Å². The normalized spacial score (nSPS) is 22.8. The fraction of sp³-hybridized carbons (Fsp3) is 0.556. The number of urea groups is 1. The van der Waals surface area contributed by atoms with Crippen molar-refractivity contribution >= 4 is 17.7 Å². The van der Waals surface area contributed by atoms with Crippen LogP contribution in [-0.4, -0.2) is 47.2 Å². The first-order valence-corrected chi connectivity index (χ1v) is 8.60. The van der Waals surface area contributed by atoms with E-state index in [1.165, 1.54) is 12.8 Å². The standard InChI is InChI=1S/C18H25N3O3/c1-12-4-2-3-5-16(12)20-18(24)19-14-8-15(9-14)21(11-17(22)23)10-13-6-7-13/h2-5,13-15H,6-11H2,1H3,(H,22,23)(H2,19,20,24). The van der Waals surface area contributed by atoms with Gasteiger partial charge in [-0.05, 0) is 50.2 Å². The van der Waals surface area contributed by atoms with E-state index in [-0.39, 0.29) is 24.7 Å². The molecule has 0 bridgehead atoms. The second-order valence-corrected chi connectivity index (χ2v) is 7.00. The molecule has 2 fully saturated rings. The summed E-state index contributed by atoms with van der Waals surface area (Å²) in [5.74, 6) is -0.106. The molecule has 2 amide bonds. The molecule has 0 aromatic heterocycles. The second-order valence-electron chi connectivity index (χ2n) is 7.00. The van der Waals surface area contributed by atoms with Crippen molar-refractivity contribution in [2.45, 2.75) is 44.7 Å². The largest absolute Gasteiger partial charge is 0.480 e. The van der Waals surface area contributed by atoms with E-state index < -0.39 is 5.97 Å². The van der Waals surface area contributed by atoms with E-state index in [0.717, 1.165) is 30.6 Å². The predicted molar refractivity (Wildman–Crippen MR) is 92.1 cm³/mol. The van der Waals surface area contributed by atoms with Gasteiger partial charge in [-0.25, -0.2) is 4.79 Å². The summed E-state index contributed by atoms with van der Waals surface area (Å²) >= 11 is 0. The zero-order valence-electron chi connectivity index (χ0n) is 14.0. The van der Waals surface area contributed by atoms with E-state index >= 15 is 0 Å². The predicted octanol–water partition coefficient (Wildman–Crippen LogP) is 2.44. The van der Waals surface area contributed by atoms with Crippen molar-refractivity contribution in [3.05, 3.63) is 29.8 Å². The molecular formula is C18H25N3O3. The van der Waals surface area contributed by atoms with Gasteiger partial charge in [-0.15, -0.1) is 0 Å². The Hall–Kier alpha value is -2.08. The molecule has 0 aliphatic heterocycles. The van der Waals surface area contributed by atoms with Crippen LogP contribution < -0.4 is 10.6 Å². The third-order valence-electron chi connectivity index (χ3n) is 4.89. The SMILES string of the molecule is Cc1ccccc1NC(=O)NC1CC(N(CC(=O)O)CC2CC2)C1. The molecule has 130 valence electrons. The maximum Gasteiger partial charge on any atom is 0.319 e. The summed E-state index contributed by atoms with van der Waals surface area (Å²) in [5.41, 5.74) is 1.84. The average molecular weight is 331 g/mol. The van der Waals surface area contributed by atoms with Gasteiger partial charge in [0, 0.05) is 24.3 Å². The third kappa shape index (κ3) is 4.47. The summed E-state index contributed by atoms with van der Waals surface area (Å²) in [6.07, 6.45) is 4.06. The molecule has 0 atom stereocenters. The van der Waals surface area contributed by atoms with Crippen LogP contribution in [0.25, 0.3) is 0 Å². The number of carboxylic acid groups (broad SMARTS) is 1. The number of carbonyl (C=O) groups excluding carboxylic acids is 1. The zero-order chi connectivity index (χ0) is 17.1. The van der Waals surface area contributed by atoms with Crippen LogP contribution in [0.5, 0.6) is 0 Å². The Balaban J connectivity index is 1.44. The number of hydrogen-bond acceptors (Lipinski definition) is 3. The van der Waals surface area contributed by atoms with E-state index in [0.29, 0.717) is 5.92 Å². The van der Waals surface area contributed by atoms with Crippen molar-refractivity contribution in [1.29, 1.82) is 0 Å². The van der Waals surface area contributed by atoms with E-state index in [4.69, 9.17) is 5.11 Å². The average Bonchev–Trinajstić information content (AvgIpc) is 3.28. The number of anilines is 1. The first-order valence-electron chi connectivity index (χ1n) is 8.60. The highest BCUT2D eigenvalue weighted by Gasteiger charge is 2.37. The molecule has 6 heteroatoms. The molecule has 2 aliphatic carbocycles. The van der Waals surface area contributed by atoms with Gasteiger partial charge in [0.15, 0.2) is 0 Å². The second kappa shape index (κ2) is 7.21. The number of carbonyl (C=O) groups is 2. The molecule has 2 aliphatic rings. The van der Waals surface area contributed by atoms with Crippen molar-refractivity contribution < 1.29 is 14.7 Å². The highest BCUT2D eigenvalue weighted by molar-refractivity contribution is 5.90. The Morgan fingerprint density at radius 3 is 2.58 bits per heavy atom. The van der Waals surface area contributed by atoms with Gasteiger partial charge in [0.05, 0.1) is 6.54 Å². The van der Waals surface area contributed by atoms with Gasteiger partial charge in [-0.2, -0.15) is 0 Å². The van der Waals surface area contributed by atoms with Crippen LogP contribution in [-0.2, 0) is 4.79 Å². The Morgan fingerprint density at radius 1 is 1.25 bits per heavy atom. The molecule has 1 aromatic carbocycles. The smallest absolute Gasteiger partial charge is 0.319 e. The summed E-state index contributed by atoms with van der Waals surface area (Å²) in [7, 11) is 0. The number of aliphatic carboxylic acids is 1. The van der Waals surface area contributed by atoms with Crippen LogP contribution in [0.15, 0.2) is 24.3 Å². The molecule has 1 aromatic rings. The van der Waals surface area contributed by atoms with Crippen LogP contribution in [0, 0.1) is 12.8 Å². The number of aryl methyl sites for hydroxylation is 1. The molecule has 24 heavy (non-hydrogen) atoms. The van der Waals surface area contributed by atoms with Crippen LogP contribution in [0.3, 0.4) is 0 Å². The summed E-state index contributed by atoms with van der Waals surface area (Å²) in [6, 6.07) is 7.86.